The molecule has 1 aromatic rings. The first-order valence-corrected chi connectivity index (χ1v) is 7.72. The summed E-state index contributed by atoms with van der Waals surface area (Å²) >= 11 is 1.77. The molecular weight excluding hydrogens is 242 g/mol. The highest BCUT2D eigenvalue weighted by Gasteiger charge is 2.28. The van der Waals surface area contributed by atoms with Crippen LogP contribution in [0.25, 0.3) is 0 Å². The van der Waals surface area contributed by atoms with Gasteiger partial charge in [0.1, 0.15) is 5.01 Å². The van der Waals surface area contributed by atoms with Crippen LogP contribution >= 0.6 is 11.3 Å². The molecule has 1 aliphatic heterocycles. The Kier molecular flexibility index (Phi) is 4.41. The van der Waals surface area contributed by atoms with Gasteiger partial charge in [-0.1, -0.05) is 0 Å². The van der Waals surface area contributed by atoms with Crippen LogP contribution in [0.4, 0.5) is 0 Å². The standard InChI is InChI=1S/C14H25N3S/c1-11(13-15-6-8-18-13)17-7-5-12(10-17)9-16-14(2,3)4/h6,8,11-12,16H,5,7,9-10H2,1-4H3. The summed E-state index contributed by atoms with van der Waals surface area (Å²) in [5, 5.41) is 6.94. The first-order chi connectivity index (χ1) is 8.46. The van der Waals surface area contributed by atoms with Crippen molar-refractivity contribution in [1.82, 2.24) is 15.2 Å². The molecular formula is C14H25N3S. The summed E-state index contributed by atoms with van der Waals surface area (Å²) in [5.41, 5.74) is 0.230. The Morgan fingerprint density at radius 3 is 2.94 bits per heavy atom. The molecule has 1 aliphatic rings. The summed E-state index contributed by atoms with van der Waals surface area (Å²) in [7, 11) is 0. The maximum atomic E-state index is 4.43. The van der Waals surface area contributed by atoms with Gasteiger partial charge in [-0.3, -0.25) is 4.90 Å². The SMILES string of the molecule is CC(c1nccs1)N1CCC(CNC(C)(C)C)C1. The van der Waals surface area contributed by atoms with Crippen LogP contribution in [0.2, 0.25) is 0 Å². The van der Waals surface area contributed by atoms with Crippen LogP contribution in [0.3, 0.4) is 0 Å². The van der Waals surface area contributed by atoms with Crippen molar-refractivity contribution in [3.63, 3.8) is 0 Å². The van der Waals surface area contributed by atoms with Gasteiger partial charge in [-0.25, -0.2) is 4.98 Å². The van der Waals surface area contributed by atoms with E-state index in [9.17, 15) is 0 Å². The minimum atomic E-state index is 0.230. The fourth-order valence-corrected chi connectivity index (χ4v) is 3.16. The van der Waals surface area contributed by atoms with Crippen molar-refractivity contribution in [2.45, 2.75) is 45.7 Å². The van der Waals surface area contributed by atoms with Gasteiger partial charge in [-0.15, -0.1) is 11.3 Å². The van der Waals surface area contributed by atoms with Gasteiger partial charge in [0.25, 0.3) is 0 Å². The van der Waals surface area contributed by atoms with Crippen molar-refractivity contribution in [1.29, 1.82) is 0 Å². The maximum Gasteiger partial charge on any atom is 0.109 e. The van der Waals surface area contributed by atoms with E-state index in [0.717, 1.165) is 12.5 Å². The summed E-state index contributed by atoms with van der Waals surface area (Å²) in [4.78, 5) is 7.00. The van der Waals surface area contributed by atoms with E-state index < -0.39 is 0 Å². The molecule has 2 unspecified atom stereocenters. The molecule has 3 nitrogen and oxygen atoms in total. The molecule has 2 heterocycles. The number of nitrogens with zero attached hydrogens (tertiary/aromatic N) is 2. The lowest BCUT2D eigenvalue weighted by molar-refractivity contribution is 0.248. The first-order valence-electron chi connectivity index (χ1n) is 6.84. The van der Waals surface area contributed by atoms with Crippen molar-refractivity contribution < 1.29 is 0 Å². The number of hydrogen-bond acceptors (Lipinski definition) is 4. The van der Waals surface area contributed by atoms with Gasteiger partial charge in [-0.2, -0.15) is 0 Å². The molecule has 1 aromatic heterocycles. The zero-order valence-electron chi connectivity index (χ0n) is 11.9. The van der Waals surface area contributed by atoms with Crippen LogP contribution < -0.4 is 5.32 Å². The zero-order valence-corrected chi connectivity index (χ0v) is 12.8. The number of rotatable bonds is 4. The molecule has 0 saturated carbocycles. The van der Waals surface area contributed by atoms with Crippen molar-refractivity contribution in [2.75, 3.05) is 19.6 Å². The fraction of sp³-hybridized carbons (Fsp3) is 0.786. The van der Waals surface area contributed by atoms with Crippen LogP contribution in [0.1, 0.15) is 45.2 Å². The molecule has 0 aromatic carbocycles. The van der Waals surface area contributed by atoms with E-state index in [1.807, 2.05) is 6.20 Å². The predicted octanol–water partition coefficient (Wildman–Crippen LogP) is 2.91. The number of nitrogens with one attached hydrogen (secondary N) is 1. The molecule has 102 valence electrons. The number of thiazole rings is 1. The molecule has 2 atom stereocenters. The monoisotopic (exact) mass is 267 g/mol. The van der Waals surface area contributed by atoms with Crippen molar-refractivity contribution >= 4 is 11.3 Å². The van der Waals surface area contributed by atoms with Crippen LogP contribution in [-0.4, -0.2) is 35.1 Å². The topological polar surface area (TPSA) is 28.2 Å². The van der Waals surface area contributed by atoms with E-state index in [-0.39, 0.29) is 5.54 Å². The second kappa shape index (κ2) is 5.68. The molecule has 1 N–H and O–H groups in total. The molecule has 4 heteroatoms. The van der Waals surface area contributed by atoms with Crippen LogP contribution in [0.5, 0.6) is 0 Å². The van der Waals surface area contributed by atoms with Crippen LogP contribution in [-0.2, 0) is 0 Å². The Balaban J connectivity index is 1.81. The van der Waals surface area contributed by atoms with E-state index in [1.54, 1.807) is 11.3 Å². The summed E-state index contributed by atoms with van der Waals surface area (Å²) in [6.07, 6.45) is 3.21. The molecule has 1 fully saturated rings. The van der Waals surface area contributed by atoms with Gasteiger partial charge in [0, 0.05) is 23.7 Å². The summed E-state index contributed by atoms with van der Waals surface area (Å²) in [5.74, 6) is 0.784. The molecule has 1 saturated heterocycles. The van der Waals surface area contributed by atoms with Gasteiger partial charge in [-0.05, 0) is 53.1 Å². The number of likely N-dealkylation sites (tertiary alicyclic amines) is 1. The first kappa shape index (κ1) is 14.0. The summed E-state index contributed by atoms with van der Waals surface area (Å²) < 4.78 is 0. The largest absolute Gasteiger partial charge is 0.312 e. The smallest absolute Gasteiger partial charge is 0.109 e. The second-order valence-corrected chi connectivity index (χ2v) is 7.25. The third-order valence-electron chi connectivity index (χ3n) is 3.59. The molecule has 0 spiro atoms. The Bertz CT molecular complexity index is 356. The fourth-order valence-electron chi connectivity index (χ4n) is 2.43. The molecule has 0 amide bonds. The second-order valence-electron chi connectivity index (χ2n) is 6.33. The third-order valence-corrected chi connectivity index (χ3v) is 4.54. The Morgan fingerprint density at radius 1 is 1.56 bits per heavy atom. The summed E-state index contributed by atoms with van der Waals surface area (Å²) in [6.45, 7) is 12.5. The molecule has 0 radical (unpaired) electrons. The van der Waals surface area contributed by atoms with E-state index in [1.165, 1.54) is 24.5 Å². The number of aromatic nitrogens is 1. The van der Waals surface area contributed by atoms with Gasteiger partial charge < -0.3 is 5.32 Å². The lowest BCUT2D eigenvalue weighted by Gasteiger charge is -2.25. The molecule has 0 bridgehead atoms. The minimum absolute atomic E-state index is 0.230. The van der Waals surface area contributed by atoms with Gasteiger partial charge in [0.15, 0.2) is 0 Å². The molecule has 18 heavy (non-hydrogen) atoms. The lowest BCUT2D eigenvalue weighted by atomic mass is 10.1. The molecule has 0 aliphatic carbocycles. The third kappa shape index (κ3) is 3.77. The average Bonchev–Trinajstić information content (AvgIpc) is 2.96. The summed E-state index contributed by atoms with van der Waals surface area (Å²) in [6, 6.07) is 0.477. The quantitative estimate of drug-likeness (QED) is 0.909. The van der Waals surface area contributed by atoms with E-state index >= 15 is 0 Å². The highest BCUT2D eigenvalue weighted by molar-refractivity contribution is 7.09. The van der Waals surface area contributed by atoms with E-state index in [2.05, 4.69) is 48.3 Å². The van der Waals surface area contributed by atoms with Crippen molar-refractivity contribution in [3.05, 3.63) is 16.6 Å². The van der Waals surface area contributed by atoms with Gasteiger partial charge >= 0.3 is 0 Å². The highest BCUT2D eigenvalue weighted by Crippen LogP contribution is 2.28. The minimum Gasteiger partial charge on any atom is -0.312 e. The number of hydrogen-bond donors (Lipinski definition) is 1. The predicted molar refractivity (Wildman–Crippen MR) is 78.0 cm³/mol. The maximum absolute atomic E-state index is 4.43. The van der Waals surface area contributed by atoms with E-state index in [0.29, 0.717) is 6.04 Å². The van der Waals surface area contributed by atoms with Gasteiger partial charge in [0.2, 0.25) is 0 Å². The Morgan fingerprint density at radius 2 is 2.33 bits per heavy atom. The highest BCUT2D eigenvalue weighted by atomic mass is 32.1. The van der Waals surface area contributed by atoms with E-state index in [4.69, 9.17) is 0 Å². The van der Waals surface area contributed by atoms with Crippen LogP contribution in [0, 0.1) is 5.92 Å². The Labute approximate surface area is 115 Å². The van der Waals surface area contributed by atoms with Crippen LogP contribution in [0.15, 0.2) is 11.6 Å². The Hall–Kier alpha value is -0.450. The molecule has 2 rings (SSSR count). The van der Waals surface area contributed by atoms with Crippen molar-refractivity contribution in [2.24, 2.45) is 5.92 Å². The lowest BCUT2D eigenvalue weighted by Crippen LogP contribution is -2.39. The van der Waals surface area contributed by atoms with Crippen molar-refractivity contribution in [3.8, 4) is 0 Å². The zero-order chi connectivity index (χ0) is 13.2. The van der Waals surface area contributed by atoms with Gasteiger partial charge in [0.05, 0.1) is 6.04 Å². The average molecular weight is 267 g/mol. The normalized spacial score (nSPS) is 23.4.